The second-order valence-corrected chi connectivity index (χ2v) is 7.10. The van der Waals surface area contributed by atoms with E-state index < -0.39 is 14.9 Å². The van der Waals surface area contributed by atoms with Crippen LogP contribution in [0.2, 0.25) is 0 Å². The maximum absolute atomic E-state index is 12.4. The molecule has 0 bridgehead atoms. The summed E-state index contributed by atoms with van der Waals surface area (Å²) in [6, 6.07) is 3.47. The summed E-state index contributed by atoms with van der Waals surface area (Å²) in [5, 5.41) is 10.8. The van der Waals surface area contributed by atoms with Crippen molar-refractivity contribution in [3.05, 3.63) is 28.3 Å². The molecule has 1 rings (SSSR count). The SMILES string of the molecule is CCCCC(CC)CNS(=O)(=O)c1ccc([N+](=O)[O-])cc1OC. The van der Waals surface area contributed by atoms with Crippen molar-refractivity contribution in [2.45, 2.75) is 44.4 Å². The van der Waals surface area contributed by atoms with Crippen LogP contribution in [0.5, 0.6) is 5.75 Å². The topological polar surface area (TPSA) is 98.5 Å². The maximum atomic E-state index is 12.4. The second-order valence-electron chi connectivity index (χ2n) is 5.36. The Balaban J connectivity index is 2.93. The van der Waals surface area contributed by atoms with Crippen molar-refractivity contribution in [1.29, 1.82) is 0 Å². The van der Waals surface area contributed by atoms with Crippen LogP contribution in [-0.4, -0.2) is 27.0 Å². The number of rotatable bonds is 10. The lowest BCUT2D eigenvalue weighted by atomic mass is 10.00. The van der Waals surface area contributed by atoms with Gasteiger partial charge in [0.25, 0.3) is 5.69 Å². The van der Waals surface area contributed by atoms with Gasteiger partial charge in [-0.3, -0.25) is 10.1 Å². The Morgan fingerprint density at radius 3 is 2.57 bits per heavy atom. The van der Waals surface area contributed by atoms with Gasteiger partial charge in [0.15, 0.2) is 0 Å². The third-order valence-corrected chi connectivity index (χ3v) is 5.22. The van der Waals surface area contributed by atoms with Crippen molar-refractivity contribution in [3.63, 3.8) is 0 Å². The zero-order valence-electron chi connectivity index (χ0n) is 13.7. The van der Waals surface area contributed by atoms with E-state index in [4.69, 9.17) is 4.74 Å². The van der Waals surface area contributed by atoms with E-state index >= 15 is 0 Å². The van der Waals surface area contributed by atoms with Crippen molar-refractivity contribution in [2.24, 2.45) is 5.92 Å². The van der Waals surface area contributed by atoms with Gasteiger partial charge in [0.05, 0.1) is 18.1 Å². The van der Waals surface area contributed by atoms with Gasteiger partial charge >= 0.3 is 0 Å². The van der Waals surface area contributed by atoms with Crippen LogP contribution in [0, 0.1) is 16.0 Å². The molecule has 0 saturated heterocycles. The Morgan fingerprint density at radius 1 is 1.35 bits per heavy atom. The number of nitrogens with zero attached hydrogens (tertiary/aromatic N) is 1. The molecular formula is C15H24N2O5S. The molecule has 0 fully saturated rings. The molecule has 0 aliphatic rings. The van der Waals surface area contributed by atoms with Crippen LogP contribution in [0.25, 0.3) is 0 Å². The summed E-state index contributed by atoms with van der Waals surface area (Å²) < 4.78 is 32.4. The Labute approximate surface area is 137 Å². The van der Waals surface area contributed by atoms with E-state index in [1.807, 2.05) is 6.92 Å². The van der Waals surface area contributed by atoms with Crippen LogP contribution in [0.4, 0.5) is 5.69 Å². The summed E-state index contributed by atoms with van der Waals surface area (Å²) in [6.07, 6.45) is 3.98. The van der Waals surface area contributed by atoms with E-state index in [0.717, 1.165) is 37.8 Å². The molecule has 1 unspecified atom stereocenters. The summed E-state index contributed by atoms with van der Waals surface area (Å²) in [6.45, 7) is 4.47. The molecule has 7 nitrogen and oxygen atoms in total. The Kier molecular flexibility index (Phi) is 7.44. The minimum atomic E-state index is -3.77. The van der Waals surface area contributed by atoms with Gasteiger partial charge in [-0.25, -0.2) is 13.1 Å². The molecule has 0 saturated carbocycles. The molecule has 8 heteroatoms. The highest BCUT2D eigenvalue weighted by molar-refractivity contribution is 7.89. The minimum Gasteiger partial charge on any atom is -0.495 e. The first kappa shape index (κ1) is 19.4. The normalized spacial score (nSPS) is 12.8. The van der Waals surface area contributed by atoms with Gasteiger partial charge in [-0.1, -0.05) is 33.1 Å². The number of nitrogens with one attached hydrogen (secondary N) is 1. The molecule has 0 amide bonds. The molecule has 0 aliphatic heterocycles. The first-order valence-electron chi connectivity index (χ1n) is 7.67. The van der Waals surface area contributed by atoms with E-state index in [1.165, 1.54) is 13.2 Å². The number of nitro benzene ring substituents is 1. The number of benzene rings is 1. The number of ether oxygens (including phenoxy) is 1. The molecule has 0 heterocycles. The number of non-ortho nitro benzene ring substituents is 1. The Bertz CT molecular complexity index is 631. The number of unbranched alkanes of at least 4 members (excludes halogenated alkanes) is 1. The third kappa shape index (κ3) is 5.47. The van der Waals surface area contributed by atoms with Gasteiger partial charge in [-0.05, 0) is 18.4 Å². The molecule has 0 aliphatic carbocycles. The fraction of sp³-hybridized carbons (Fsp3) is 0.600. The van der Waals surface area contributed by atoms with Crippen LogP contribution < -0.4 is 9.46 Å². The predicted octanol–water partition coefficient (Wildman–Crippen LogP) is 3.10. The van der Waals surface area contributed by atoms with Crippen molar-refractivity contribution in [3.8, 4) is 5.75 Å². The van der Waals surface area contributed by atoms with Gasteiger partial charge in [0, 0.05) is 12.6 Å². The standard InChI is InChI=1S/C15H24N2O5S/c1-4-6-7-12(5-2)11-16-23(20,21)15-9-8-13(17(18)19)10-14(15)22-3/h8-10,12,16H,4-7,11H2,1-3H3. The molecule has 0 aromatic heterocycles. The fourth-order valence-corrected chi connectivity index (χ4v) is 3.51. The molecule has 23 heavy (non-hydrogen) atoms. The summed E-state index contributed by atoms with van der Waals surface area (Å²) >= 11 is 0. The number of methoxy groups -OCH3 is 1. The monoisotopic (exact) mass is 344 g/mol. The Hall–Kier alpha value is -1.67. The number of nitro groups is 1. The lowest BCUT2D eigenvalue weighted by Gasteiger charge is -2.16. The van der Waals surface area contributed by atoms with E-state index in [-0.39, 0.29) is 22.3 Å². The van der Waals surface area contributed by atoms with Crippen molar-refractivity contribution < 1.29 is 18.1 Å². The quantitative estimate of drug-likeness (QED) is 0.519. The van der Waals surface area contributed by atoms with Crippen LogP contribution in [-0.2, 0) is 10.0 Å². The first-order chi connectivity index (χ1) is 10.9. The average molecular weight is 344 g/mol. The zero-order valence-corrected chi connectivity index (χ0v) is 14.6. The van der Waals surface area contributed by atoms with Crippen molar-refractivity contribution in [1.82, 2.24) is 4.72 Å². The molecule has 0 radical (unpaired) electrons. The predicted molar refractivity (Wildman–Crippen MR) is 88.1 cm³/mol. The highest BCUT2D eigenvalue weighted by atomic mass is 32.2. The molecule has 1 aromatic carbocycles. The summed E-state index contributed by atoms with van der Waals surface area (Å²) in [7, 11) is -2.49. The highest BCUT2D eigenvalue weighted by Gasteiger charge is 2.23. The van der Waals surface area contributed by atoms with Crippen LogP contribution in [0.1, 0.15) is 39.5 Å². The largest absolute Gasteiger partial charge is 0.495 e. The Morgan fingerprint density at radius 2 is 2.04 bits per heavy atom. The summed E-state index contributed by atoms with van der Waals surface area (Å²) in [4.78, 5) is 10.1. The van der Waals surface area contributed by atoms with Crippen molar-refractivity contribution >= 4 is 15.7 Å². The fourth-order valence-electron chi connectivity index (χ4n) is 2.24. The number of sulfonamides is 1. The second kappa shape index (κ2) is 8.83. The van der Waals surface area contributed by atoms with Gasteiger partial charge in [-0.2, -0.15) is 0 Å². The minimum absolute atomic E-state index is 0.0340. The molecule has 130 valence electrons. The molecule has 1 aromatic rings. The molecule has 1 atom stereocenters. The number of hydrogen-bond donors (Lipinski definition) is 1. The lowest BCUT2D eigenvalue weighted by Crippen LogP contribution is -2.29. The van der Waals surface area contributed by atoms with E-state index in [9.17, 15) is 18.5 Å². The lowest BCUT2D eigenvalue weighted by molar-refractivity contribution is -0.385. The average Bonchev–Trinajstić information content (AvgIpc) is 2.54. The van der Waals surface area contributed by atoms with Gasteiger partial charge in [0.2, 0.25) is 10.0 Å². The highest BCUT2D eigenvalue weighted by Crippen LogP contribution is 2.28. The van der Waals surface area contributed by atoms with Gasteiger partial charge in [0.1, 0.15) is 10.6 Å². The van der Waals surface area contributed by atoms with Crippen molar-refractivity contribution in [2.75, 3.05) is 13.7 Å². The summed E-state index contributed by atoms with van der Waals surface area (Å²) in [5.41, 5.74) is -0.213. The zero-order chi connectivity index (χ0) is 17.5. The molecule has 1 N–H and O–H groups in total. The molecular weight excluding hydrogens is 320 g/mol. The smallest absolute Gasteiger partial charge is 0.273 e. The maximum Gasteiger partial charge on any atom is 0.273 e. The number of hydrogen-bond acceptors (Lipinski definition) is 5. The van der Waals surface area contributed by atoms with E-state index in [1.54, 1.807) is 0 Å². The van der Waals surface area contributed by atoms with E-state index in [2.05, 4.69) is 11.6 Å². The van der Waals surface area contributed by atoms with Crippen LogP contribution in [0.3, 0.4) is 0 Å². The van der Waals surface area contributed by atoms with Gasteiger partial charge < -0.3 is 4.74 Å². The first-order valence-corrected chi connectivity index (χ1v) is 9.16. The summed E-state index contributed by atoms with van der Waals surface area (Å²) in [5.74, 6) is 0.238. The molecule has 0 spiro atoms. The van der Waals surface area contributed by atoms with Crippen LogP contribution >= 0.6 is 0 Å². The van der Waals surface area contributed by atoms with E-state index in [0.29, 0.717) is 6.54 Å². The third-order valence-electron chi connectivity index (χ3n) is 3.75. The van der Waals surface area contributed by atoms with Crippen LogP contribution in [0.15, 0.2) is 23.1 Å². The van der Waals surface area contributed by atoms with Gasteiger partial charge in [-0.15, -0.1) is 0 Å².